The minimum Gasteiger partial charge on any atom is -0.497 e. The van der Waals surface area contributed by atoms with Crippen LogP contribution in [0, 0.1) is 22.9 Å². The molecule has 1 fully saturated rings. The van der Waals surface area contributed by atoms with Gasteiger partial charge in [-0.05, 0) is 68.0 Å². The Hall–Kier alpha value is -3.44. The van der Waals surface area contributed by atoms with Gasteiger partial charge in [0.05, 0.1) is 25.2 Å². The van der Waals surface area contributed by atoms with Gasteiger partial charge in [-0.2, -0.15) is 4.39 Å². The highest BCUT2D eigenvalue weighted by Gasteiger charge is 2.37. The Kier molecular flexibility index (Phi) is 9.47. The fourth-order valence-corrected chi connectivity index (χ4v) is 5.46. The Morgan fingerprint density at radius 2 is 1.93 bits per heavy atom. The second-order valence-electron chi connectivity index (χ2n) is 10.2. The van der Waals surface area contributed by atoms with Crippen molar-refractivity contribution in [3.8, 4) is 11.5 Å². The van der Waals surface area contributed by atoms with Crippen LogP contribution in [0.25, 0.3) is 10.9 Å². The second kappa shape index (κ2) is 12.8. The maximum Gasteiger partial charge on any atom is 0.303 e. The first-order chi connectivity index (χ1) is 19.1. The molecule has 0 bridgehead atoms. The van der Waals surface area contributed by atoms with E-state index < -0.39 is 47.4 Å². The molecule has 1 aliphatic rings. The third-order valence-electron chi connectivity index (χ3n) is 7.69. The van der Waals surface area contributed by atoms with Gasteiger partial charge in [0.15, 0.2) is 11.6 Å². The largest absolute Gasteiger partial charge is 0.497 e. The van der Waals surface area contributed by atoms with Gasteiger partial charge in [0.1, 0.15) is 24.8 Å². The van der Waals surface area contributed by atoms with Crippen LogP contribution in [-0.2, 0) is 11.5 Å². The fraction of sp³-hybridized carbons (Fsp3) is 0.448. The Morgan fingerprint density at radius 1 is 1.18 bits per heavy atom. The summed E-state index contributed by atoms with van der Waals surface area (Å²) in [7, 11) is 1.51. The molecule has 1 atom stereocenters. The van der Waals surface area contributed by atoms with E-state index in [9.17, 15) is 32.6 Å². The molecule has 7 nitrogen and oxygen atoms in total. The molecular formula is C29H32F4N2O5. The Balaban J connectivity index is 1.41. The average molecular weight is 565 g/mol. The zero-order valence-electron chi connectivity index (χ0n) is 22.1. The summed E-state index contributed by atoms with van der Waals surface area (Å²) < 4.78 is 65.0. The zero-order valence-corrected chi connectivity index (χ0v) is 22.1. The van der Waals surface area contributed by atoms with Crippen molar-refractivity contribution in [1.29, 1.82) is 0 Å². The molecule has 1 aromatic heterocycles. The van der Waals surface area contributed by atoms with Crippen LogP contribution in [0.1, 0.15) is 49.3 Å². The van der Waals surface area contributed by atoms with E-state index in [1.54, 1.807) is 18.2 Å². The molecule has 1 unspecified atom stereocenters. The van der Waals surface area contributed by atoms with Crippen LogP contribution < -0.4 is 9.47 Å². The summed E-state index contributed by atoms with van der Waals surface area (Å²) in [6.45, 7) is 0.592. The second-order valence-corrected chi connectivity index (χ2v) is 10.2. The summed E-state index contributed by atoms with van der Waals surface area (Å²) in [4.78, 5) is 18.1. The highest BCUT2D eigenvalue weighted by atomic mass is 19.2. The number of hydrogen-bond donors (Lipinski definition) is 2. The summed E-state index contributed by atoms with van der Waals surface area (Å²) >= 11 is 0. The van der Waals surface area contributed by atoms with Crippen LogP contribution in [-0.4, -0.2) is 59.4 Å². The Bertz CT molecular complexity index is 1340. The summed E-state index contributed by atoms with van der Waals surface area (Å²) in [5.41, 5.74) is 0.694. The third kappa shape index (κ3) is 6.82. The van der Waals surface area contributed by atoms with E-state index in [-0.39, 0.29) is 25.0 Å². The van der Waals surface area contributed by atoms with Crippen LogP contribution >= 0.6 is 0 Å². The first kappa shape index (κ1) is 29.5. The van der Waals surface area contributed by atoms with Gasteiger partial charge in [-0.3, -0.25) is 14.7 Å². The normalized spacial score (nSPS) is 16.1. The number of pyridine rings is 1. The Labute approximate surface area is 229 Å². The number of alkyl halides is 1. The lowest BCUT2D eigenvalue weighted by Crippen LogP contribution is -2.42. The Morgan fingerprint density at radius 3 is 2.60 bits per heavy atom. The molecule has 3 aromatic rings. The van der Waals surface area contributed by atoms with Crippen molar-refractivity contribution in [3.63, 3.8) is 0 Å². The minimum absolute atomic E-state index is 0.00492. The maximum atomic E-state index is 13.9. The molecule has 11 heteroatoms. The van der Waals surface area contributed by atoms with Gasteiger partial charge < -0.3 is 19.7 Å². The lowest BCUT2D eigenvalue weighted by molar-refractivity contribution is -0.141. The quantitative estimate of drug-likeness (QED) is 0.219. The fourth-order valence-electron chi connectivity index (χ4n) is 5.46. The molecule has 0 aliphatic carbocycles. The lowest BCUT2D eigenvalue weighted by Gasteiger charge is -2.41. The van der Waals surface area contributed by atoms with Crippen molar-refractivity contribution >= 4 is 16.9 Å². The monoisotopic (exact) mass is 564 g/mol. The number of nitrogens with zero attached hydrogens (tertiary/aromatic N) is 2. The van der Waals surface area contributed by atoms with E-state index in [0.717, 1.165) is 6.07 Å². The number of rotatable bonds is 12. The smallest absolute Gasteiger partial charge is 0.303 e. The third-order valence-corrected chi connectivity index (χ3v) is 7.69. The molecule has 1 aliphatic heterocycles. The number of benzene rings is 2. The predicted molar refractivity (Wildman–Crippen MR) is 139 cm³/mol. The van der Waals surface area contributed by atoms with Crippen molar-refractivity contribution in [2.75, 3.05) is 33.4 Å². The molecule has 0 spiro atoms. The predicted octanol–water partition coefficient (Wildman–Crippen LogP) is 5.58. The number of aromatic nitrogens is 1. The van der Waals surface area contributed by atoms with Crippen molar-refractivity contribution in [1.82, 2.24) is 9.88 Å². The van der Waals surface area contributed by atoms with E-state index in [2.05, 4.69) is 4.98 Å². The number of ether oxygens (including phenoxy) is 2. The van der Waals surface area contributed by atoms with E-state index >= 15 is 0 Å². The van der Waals surface area contributed by atoms with Gasteiger partial charge in [0.2, 0.25) is 5.82 Å². The van der Waals surface area contributed by atoms with E-state index in [0.29, 0.717) is 67.2 Å². The molecule has 2 heterocycles. The van der Waals surface area contributed by atoms with Crippen molar-refractivity contribution in [3.05, 3.63) is 65.1 Å². The van der Waals surface area contributed by atoms with Crippen LogP contribution in [0.5, 0.6) is 11.5 Å². The number of piperidine rings is 1. The molecule has 0 saturated carbocycles. The van der Waals surface area contributed by atoms with Gasteiger partial charge in [-0.15, -0.1) is 0 Å². The number of aliphatic hydroxyl groups excluding tert-OH is 1. The first-order valence-electron chi connectivity index (χ1n) is 13.1. The summed E-state index contributed by atoms with van der Waals surface area (Å²) in [5.74, 6) is -4.43. The average Bonchev–Trinajstić information content (AvgIpc) is 2.94. The van der Waals surface area contributed by atoms with Gasteiger partial charge >= 0.3 is 5.97 Å². The maximum absolute atomic E-state index is 13.9. The van der Waals surface area contributed by atoms with Gasteiger partial charge in [0.25, 0.3) is 0 Å². The lowest BCUT2D eigenvalue weighted by atomic mass is 9.71. The number of fused-ring (bicyclic) bond motifs is 1. The minimum atomic E-state index is -1.33. The number of aliphatic hydroxyl groups is 1. The zero-order chi connectivity index (χ0) is 28.9. The molecule has 2 N–H and O–H groups in total. The van der Waals surface area contributed by atoms with Crippen molar-refractivity contribution < 1.29 is 42.0 Å². The van der Waals surface area contributed by atoms with Crippen LogP contribution in [0.4, 0.5) is 17.6 Å². The molecule has 216 valence electrons. The van der Waals surface area contributed by atoms with Gasteiger partial charge in [-0.1, -0.05) is 0 Å². The topological polar surface area (TPSA) is 92.1 Å². The standard InChI is InChI=1S/C29H32F4N2O5/c1-39-20-2-3-23-21(14-20)27(18(16-30)17-34-23)24(36)4-5-29(15-26(37)38)6-8-35(9-7-29)10-11-40-25-13-19(31)12-22(32)28(25)33/h2-3,12-14,17,24,36H,4-11,15-16H2,1H3,(H,37,38). The highest BCUT2D eigenvalue weighted by Crippen LogP contribution is 2.42. The van der Waals surface area contributed by atoms with Crippen molar-refractivity contribution in [2.24, 2.45) is 5.41 Å². The molecule has 1 saturated heterocycles. The number of halogens is 4. The molecule has 0 radical (unpaired) electrons. The van der Waals surface area contributed by atoms with Crippen LogP contribution in [0.15, 0.2) is 36.5 Å². The highest BCUT2D eigenvalue weighted by molar-refractivity contribution is 5.85. The van der Waals surface area contributed by atoms with E-state index in [1.165, 1.54) is 13.3 Å². The molecule has 40 heavy (non-hydrogen) atoms. The summed E-state index contributed by atoms with van der Waals surface area (Å²) in [5, 5.41) is 21.4. The van der Waals surface area contributed by atoms with Crippen LogP contribution in [0.3, 0.4) is 0 Å². The number of hydrogen-bond acceptors (Lipinski definition) is 6. The molecule has 0 amide bonds. The van der Waals surface area contributed by atoms with Gasteiger partial charge in [0, 0.05) is 35.8 Å². The molecule has 4 rings (SSSR count). The number of carboxylic acid groups (broad SMARTS) is 1. The number of likely N-dealkylation sites (tertiary alicyclic amines) is 1. The van der Waals surface area contributed by atoms with E-state index in [4.69, 9.17) is 9.47 Å². The molecule has 2 aromatic carbocycles. The van der Waals surface area contributed by atoms with E-state index in [1.807, 2.05) is 4.90 Å². The number of aliphatic carboxylic acids is 1. The number of methoxy groups -OCH3 is 1. The summed E-state index contributed by atoms with van der Waals surface area (Å²) in [6, 6.07) is 6.40. The van der Waals surface area contributed by atoms with Crippen molar-refractivity contribution in [2.45, 2.75) is 44.9 Å². The van der Waals surface area contributed by atoms with Crippen LogP contribution in [0.2, 0.25) is 0 Å². The first-order valence-corrected chi connectivity index (χ1v) is 13.1. The van der Waals surface area contributed by atoms with Gasteiger partial charge in [-0.25, -0.2) is 13.2 Å². The number of carbonyl (C=O) groups is 1. The molecular weight excluding hydrogens is 532 g/mol. The SMILES string of the molecule is COc1ccc2ncc(CF)c(C(O)CCC3(CC(=O)O)CCN(CCOc4cc(F)cc(F)c4F)CC3)c2c1. The number of carboxylic acids is 1. The summed E-state index contributed by atoms with van der Waals surface area (Å²) in [6.07, 6.45) is 1.96.